The van der Waals surface area contributed by atoms with Crippen molar-refractivity contribution in [1.29, 1.82) is 0 Å². The molecule has 24 heavy (non-hydrogen) atoms. The smallest absolute Gasteiger partial charge is 0.231 e. The van der Waals surface area contributed by atoms with Crippen LogP contribution in [0.15, 0.2) is 36.5 Å². The molecule has 0 spiro atoms. The van der Waals surface area contributed by atoms with Crippen molar-refractivity contribution in [3.8, 4) is 22.5 Å². The van der Waals surface area contributed by atoms with Gasteiger partial charge in [0.2, 0.25) is 11.4 Å². The summed E-state index contributed by atoms with van der Waals surface area (Å²) in [6, 6.07) is 11.2. The van der Waals surface area contributed by atoms with Gasteiger partial charge in [0.25, 0.3) is 0 Å². The van der Waals surface area contributed by atoms with Gasteiger partial charge in [0.05, 0.1) is 12.0 Å². The molecule has 3 aromatic rings. The predicted octanol–water partition coefficient (Wildman–Crippen LogP) is 4.38. The van der Waals surface area contributed by atoms with Gasteiger partial charge in [-0.2, -0.15) is 4.57 Å². The van der Waals surface area contributed by atoms with Gasteiger partial charge < -0.3 is 0 Å². The van der Waals surface area contributed by atoms with Crippen molar-refractivity contribution in [2.75, 3.05) is 0 Å². The van der Waals surface area contributed by atoms with Crippen molar-refractivity contribution in [3.05, 3.63) is 70.0 Å². The SMILES string of the molecule is Cc1ccc2c(c1)-c1ncc(-c3cc(C)cc(C)c3C)[n+](C)c1C2. The molecule has 0 radical (unpaired) electrons. The minimum Gasteiger partial charge on any atom is -0.243 e. The maximum absolute atomic E-state index is 4.86. The first-order valence-corrected chi connectivity index (χ1v) is 8.51. The lowest BCUT2D eigenvalue weighted by Crippen LogP contribution is -2.36. The molecule has 0 aliphatic heterocycles. The average Bonchev–Trinajstić information content (AvgIpc) is 2.90. The third kappa shape index (κ3) is 2.17. The van der Waals surface area contributed by atoms with Crippen LogP contribution in [0.5, 0.6) is 0 Å². The number of hydrogen-bond donors (Lipinski definition) is 0. The zero-order valence-electron chi connectivity index (χ0n) is 15.1. The molecule has 1 aliphatic rings. The second-order valence-electron chi connectivity index (χ2n) is 7.09. The minimum absolute atomic E-state index is 0.964. The molecule has 4 rings (SSSR count). The summed E-state index contributed by atoms with van der Waals surface area (Å²) in [7, 11) is 2.17. The van der Waals surface area contributed by atoms with E-state index >= 15 is 0 Å². The molecule has 0 N–H and O–H groups in total. The Morgan fingerprint density at radius 2 is 1.67 bits per heavy atom. The summed E-state index contributed by atoms with van der Waals surface area (Å²) in [5.74, 6) is 0. The van der Waals surface area contributed by atoms with Gasteiger partial charge in [0.15, 0.2) is 0 Å². The molecule has 0 bridgehead atoms. The fourth-order valence-electron chi connectivity index (χ4n) is 3.82. The van der Waals surface area contributed by atoms with Crippen molar-refractivity contribution in [1.82, 2.24) is 4.98 Å². The summed E-state index contributed by atoms with van der Waals surface area (Å²) < 4.78 is 2.33. The highest BCUT2D eigenvalue weighted by Crippen LogP contribution is 2.35. The molecular weight excluding hydrogens is 292 g/mol. The summed E-state index contributed by atoms with van der Waals surface area (Å²) in [4.78, 5) is 4.86. The normalized spacial score (nSPS) is 12.2. The molecule has 120 valence electrons. The number of hydrogen-bond acceptors (Lipinski definition) is 1. The second-order valence-corrected chi connectivity index (χ2v) is 7.09. The monoisotopic (exact) mass is 315 g/mol. The number of aryl methyl sites for hydroxylation is 3. The quantitative estimate of drug-likeness (QED) is 0.476. The minimum atomic E-state index is 0.964. The molecular formula is C22H23N2+. The van der Waals surface area contributed by atoms with Crippen molar-refractivity contribution >= 4 is 0 Å². The van der Waals surface area contributed by atoms with Crippen molar-refractivity contribution in [3.63, 3.8) is 0 Å². The first kappa shape index (κ1) is 15.1. The van der Waals surface area contributed by atoms with Gasteiger partial charge in [-0.05, 0) is 56.5 Å². The Bertz CT molecular complexity index is 984. The zero-order chi connectivity index (χ0) is 17.0. The van der Waals surface area contributed by atoms with Crippen LogP contribution in [0.25, 0.3) is 22.5 Å². The van der Waals surface area contributed by atoms with Crippen molar-refractivity contribution in [2.24, 2.45) is 7.05 Å². The number of fused-ring (bicyclic) bond motifs is 3. The number of benzene rings is 2. The molecule has 0 atom stereocenters. The molecule has 2 nitrogen and oxygen atoms in total. The number of rotatable bonds is 1. The lowest BCUT2D eigenvalue weighted by atomic mass is 9.98. The Morgan fingerprint density at radius 1 is 0.917 bits per heavy atom. The van der Waals surface area contributed by atoms with E-state index < -0.39 is 0 Å². The highest BCUT2D eigenvalue weighted by molar-refractivity contribution is 5.73. The van der Waals surface area contributed by atoms with E-state index in [4.69, 9.17) is 4.98 Å². The molecule has 0 saturated heterocycles. The van der Waals surface area contributed by atoms with E-state index in [9.17, 15) is 0 Å². The van der Waals surface area contributed by atoms with Crippen LogP contribution in [-0.4, -0.2) is 4.98 Å². The van der Waals surface area contributed by atoms with E-state index in [2.05, 4.69) is 69.6 Å². The summed E-state index contributed by atoms with van der Waals surface area (Å²) >= 11 is 0. The maximum atomic E-state index is 4.86. The third-order valence-corrected chi connectivity index (χ3v) is 5.32. The second kappa shape index (κ2) is 5.27. The standard InChI is InChI=1S/C22H23N2/c1-13-6-7-17-11-20-22(19(17)9-13)23-12-21(24(20)5)18-10-14(2)8-15(3)16(18)4/h6-10,12H,11H2,1-5H3/q+1. The topological polar surface area (TPSA) is 16.8 Å². The molecule has 0 fully saturated rings. The first-order chi connectivity index (χ1) is 11.5. The molecule has 1 aromatic heterocycles. The number of nitrogens with zero attached hydrogens (tertiary/aromatic N) is 2. The Balaban J connectivity index is 1.92. The highest BCUT2D eigenvalue weighted by Gasteiger charge is 2.30. The summed E-state index contributed by atoms with van der Waals surface area (Å²) in [5.41, 5.74) is 12.9. The highest BCUT2D eigenvalue weighted by atomic mass is 15.0. The van der Waals surface area contributed by atoms with E-state index in [-0.39, 0.29) is 0 Å². The van der Waals surface area contributed by atoms with Crippen LogP contribution in [0.3, 0.4) is 0 Å². The van der Waals surface area contributed by atoms with E-state index in [0.717, 1.165) is 12.1 Å². The molecule has 1 heterocycles. The van der Waals surface area contributed by atoms with Crippen LogP contribution < -0.4 is 4.57 Å². The summed E-state index contributed by atoms with van der Waals surface area (Å²) in [6.07, 6.45) is 3.00. The van der Waals surface area contributed by atoms with E-state index in [1.54, 1.807) is 0 Å². The third-order valence-electron chi connectivity index (χ3n) is 5.32. The Hall–Kier alpha value is -2.48. The van der Waals surface area contributed by atoms with Crippen molar-refractivity contribution in [2.45, 2.75) is 34.1 Å². The van der Waals surface area contributed by atoms with Gasteiger partial charge in [0.1, 0.15) is 18.9 Å². The van der Waals surface area contributed by atoms with Crippen LogP contribution in [0.4, 0.5) is 0 Å². The fraction of sp³-hybridized carbons (Fsp3) is 0.273. The number of aromatic nitrogens is 2. The largest absolute Gasteiger partial charge is 0.243 e. The maximum Gasteiger partial charge on any atom is 0.231 e. The van der Waals surface area contributed by atoms with Crippen LogP contribution in [-0.2, 0) is 13.5 Å². The van der Waals surface area contributed by atoms with Gasteiger partial charge in [0, 0.05) is 5.56 Å². The summed E-state index contributed by atoms with van der Waals surface area (Å²) in [6.45, 7) is 8.70. The Labute approximate surface area is 143 Å². The molecule has 2 heteroatoms. The van der Waals surface area contributed by atoms with Crippen LogP contribution >= 0.6 is 0 Å². The zero-order valence-corrected chi connectivity index (χ0v) is 15.1. The molecule has 0 unspecified atom stereocenters. The Kier molecular flexibility index (Phi) is 3.31. The lowest BCUT2D eigenvalue weighted by molar-refractivity contribution is -0.667. The first-order valence-electron chi connectivity index (χ1n) is 8.51. The fourth-order valence-corrected chi connectivity index (χ4v) is 3.82. The van der Waals surface area contributed by atoms with Gasteiger partial charge in [-0.25, -0.2) is 4.98 Å². The van der Waals surface area contributed by atoms with Gasteiger partial charge in [-0.1, -0.05) is 29.3 Å². The summed E-state index contributed by atoms with van der Waals surface area (Å²) in [5, 5.41) is 0. The van der Waals surface area contributed by atoms with Crippen LogP contribution in [0.1, 0.15) is 33.5 Å². The van der Waals surface area contributed by atoms with Crippen molar-refractivity contribution < 1.29 is 4.57 Å². The van der Waals surface area contributed by atoms with E-state index in [1.807, 2.05) is 6.20 Å². The van der Waals surface area contributed by atoms with Crippen LogP contribution in [0.2, 0.25) is 0 Å². The molecule has 2 aromatic carbocycles. The van der Waals surface area contributed by atoms with E-state index in [1.165, 1.54) is 50.3 Å². The lowest BCUT2D eigenvalue weighted by Gasteiger charge is -2.10. The van der Waals surface area contributed by atoms with Gasteiger partial charge in [-0.15, -0.1) is 0 Å². The molecule has 1 aliphatic carbocycles. The molecule has 0 saturated carbocycles. The molecule has 0 amide bonds. The van der Waals surface area contributed by atoms with E-state index in [0.29, 0.717) is 0 Å². The predicted molar refractivity (Wildman–Crippen MR) is 98.0 cm³/mol. The van der Waals surface area contributed by atoms with Crippen LogP contribution in [0, 0.1) is 27.7 Å². The Morgan fingerprint density at radius 3 is 2.46 bits per heavy atom. The van der Waals surface area contributed by atoms with Gasteiger partial charge in [-0.3, -0.25) is 0 Å². The van der Waals surface area contributed by atoms with Gasteiger partial charge >= 0.3 is 0 Å². The average molecular weight is 315 g/mol.